The highest BCUT2D eigenvalue weighted by Crippen LogP contribution is 2.31. The molecule has 1 aromatic heterocycles. The molecule has 2 unspecified atom stereocenters. The van der Waals surface area contributed by atoms with E-state index in [4.69, 9.17) is 5.73 Å². The Balaban J connectivity index is 2.11. The highest BCUT2D eigenvalue weighted by molar-refractivity contribution is 7.19. The van der Waals surface area contributed by atoms with E-state index >= 15 is 0 Å². The van der Waals surface area contributed by atoms with Crippen LogP contribution < -0.4 is 10.6 Å². The summed E-state index contributed by atoms with van der Waals surface area (Å²) in [7, 11) is 0. The summed E-state index contributed by atoms with van der Waals surface area (Å²) >= 11 is 1.58. The van der Waals surface area contributed by atoms with Crippen molar-refractivity contribution in [3.8, 4) is 0 Å². The number of nitrogens with zero attached hydrogens (tertiary/aromatic N) is 2. The average molecular weight is 197 g/mol. The summed E-state index contributed by atoms with van der Waals surface area (Å²) in [5, 5.41) is 1.89. The van der Waals surface area contributed by atoms with Crippen molar-refractivity contribution in [2.75, 3.05) is 23.7 Å². The fraction of sp³-hybridized carbons (Fsp3) is 0.667. The van der Waals surface area contributed by atoms with Crippen molar-refractivity contribution < 1.29 is 0 Å². The molecule has 0 aromatic carbocycles. The molecule has 1 aliphatic heterocycles. The summed E-state index contributed by atoms with van der Waals surface area (Å²) < 4.78 is 0. The molecule has 0 saturated carbocycles. The van der Waals surface area contributed by atoms with Gasteiger partial charge in [0.1, 0.15) is 5.00 Å². The number of rotatable bonds is 1. The first kappa shape index (κ1) is 8.81. The lowest BCUT2D eigenvalue weighted by Gasteiger charge is -2.13. The van der Waals surface area contributed by atoms with E-state index in [2.05, 4.69) is 23.7 Å². The normalized spacial score (nSPS) is 28.3. The zero-order chi connectivity index (χ0) is 9.42. The number of thiazole rings is 1. The van der Waals surface area contributed by atoms with E-state index < -0.39 is 0 Å². The molecule has 1 saturated heterocycles. The molecule has 4 heteroatoms. The molecule has 2 atom stereocenters. The van der Waals surface area contributed by atoms with Crippen LogP contribution >= 0.6 is 11.3 Å². The lowest BCUT2D eigenvalue weighted by molar-refractivity contribution is 0.494. The molecule has 1 fully saturated rings. The van der Waals surface area contributed by atoms with E-state index in [1.165, 1.54) is 0 Å². The zero-order valence-corrected chi connectivity index (χ0v) is 8.84. The van der Waals surface area contributed by atoms with E-state index in [1.54, 1.807) is 17.5 Å². The van der Waals surface area contributed by atoms with Gasteiger partial charge in [-0.05, 0) is 11.8 Å². The van der Waals surface area contributed by atoms with Gasteiger partial charge in [-0.3, -0.25) is 0 Å². The Kier molecular flexibility index (Phi) is 2.15. The second-order valence-electron chi connectivity index (χ2n) is 3.90. The van der Waals surface area contributed by atoms with Gasteiger partial charge in [0, 0.05) is 13.1 Å². The molecule has 0 amide bonds. The summed E-state index contributed by atoms with van der Waals surface area (Å²) in [5.74, 6) is 1.54. The maximum Gasteiger partial charge on any atom is 0.187 e. The lowest BCUT2D eigenvalue weighted by atomic mass is 10.0. The van der Waals surface area contributed by atoms with Crippen LogP contribution in [0.5, 0.6) is 0 Å². The van der Waals surface area contributed by atoms with Crippen molar-refractivity contribution in [2.24, 2.45) is 11.8 Å². The first-order chi connectivity index (χ1) is 6.16. The predicted octanol–water partition coefficient (Wildman–Crippen LogP) is 1.82. The third-order valence-electron chi connectivity index (χ3n) is 2.77. The van der Waals surface area contributed by atoms with Crippen LogP contribution in [0, 0.1) is 11.8 Å². The highest BCUT2D eigenvalue weighted by Gasteiger charge is 2.27. The maximum absolute atomic E-state index is 5.64. The van der Waals surface area contributed by atoms with Crippen molar-refractivity contribution >= 4 is 21.5 Å². The topological polar surface area (TPSA) is 42.2 Å². The molecule has 0 spiro atoms. The zero-order valence-electron chi connectivity index (χ0n) is 8.03. The molecular formula is C9H15N3S. The molecule has 13 heavy (non-hydrogen) atoms. The lowest BCUT2D eigenvalue weighted by Crippen LogP contribution is -2.18. The predicted molar refractivity (Wildman–Crippen MR) is 57.1 cm³/mol. The fourth-order valence-electron chi connectivity index (χ4n) is 1.71. The SMILES string of the molecule is CC1CN(c2ncc(N)s2)CC1C. The minimum absolute atomic E-state index is 0.769. The van der Waals surface area contributed by atoms with Gasteiger partial charge in [0.05, 0.1) is 6.20 Å². The number of aromatic nitrogens is 1. The van der Waals surface area contributed by atoms with Crippen LogP contribution in [0.3, 0.4) is 0 Å². The largest absolute Gasteiger partial charge is 0.389 e. The molecule has 1 aromatic rings. The van der Waals surface area contributed by atoms with Crippen LogP contribution in [-0.2, 0) is 0 Å². The summed E-state index contributed by atoms with van der Waals surface area (Å²) in [6.45, 7) is 6.82. The second kappa shape index (κ2) is 3.18. The summed E-state index contributed by atoms with van der Waals surface area (Å²) in [6, 6.07) is 0. The highest BCUT2D eigenvalue weighted by atomic mass is 32.1. The summed E-state index contributed by atoms with van der Waals surface area (Å²) in [4.78, 5) is 6.62. The molecule has 2 N–H and O–H groups in total. The van der Waals surface area contributed by atoms with Gasteiger partial charge in [0.15, 0.2) is 5.13 Å². The van der Waals surface area contributed by atoms with Gasteiger partial charge >= 0.3 is 0 Å². The molecule has 2 rings (SSSR count). The van der Waals surface area contributed by atoms with Crippen molar-refractivity contribution in [3.63, 3.8) is 0 Å². The van der Waals surface area contributed by atoms with Gasteiger partial charge in [0.2, 0.25) is 0 Å². The Bertz CT molecular complexity index is 287. The van der Waals surface area contributed by atoms with Gasteiger partial charge in [0.25, 0.3) is 0 Å². The molecular weight excluding hydrogens is 182 g/mol. The quantitative estimate of drug-likeness (QED) is 0.746. The van der Waals surface area contributed by atoms with Crippen molar-refractivity contribution in [2.45, 2.75) is 13.8 Å². The summed E-state index contributed by atoms with van der Waals surface area (Å²) in [6.07, 6.45) is 1.74. The molecule has 72 valence electrons. The number of nitrogen functional groups attached to an aromatic ring is 1. The van der Waals surface area contributed by atoms with Crippen LogP contribution in [0.15, 0.2) is 6.20 Å². The Labute approximate surface area is 82.6 Å². The van der Waals surface area contributed by atoms with Crippen LogP contribution in [-0.4, -0.2) is 18.1 Å². The molecule has 0 radical (unpaired) electrons. The third kappa shape index (κ3) is 1.63. The molecule has 0 bridgehead atoms. The number of hydrogen-bond acceptors (Lipinski definition) is 4. The van der Waals surface area contributed by atoms with Crippen molar-refractivity contribution in [1.82, 2.24) is 4.98 Å². The van der Waals surface area contributed by atoms with E-state index in [0.29, 0.717) is 0 Å². The Morgan fingerprint density at radius 2 is 2.08 bits per heavy atom. The van der Waals surface area contributed by atoms with Crippen LogP contribution in [0.25, 0.3) is 0 Å². The van der Waals surface area contributed by atoms with Gasteiger partial charge in [-0.15, -0.1) is 0 Å². The minimum atomic E-state index is 0.769. The Morgan fingerprint density at radius 3 is 2.54 bits per heavy atom. The molecule has 0 aliphatic carbocycles. The molecule has 1 aliphatic rings. The van der Waals surface area contributed by atoms with E-state index in [1.807, 2.05) is 0 Å². The number of anilines is 2. The Morgan fingerprint density at radius 1 is 1.46 bits per heavy atom. The average Bonchev–Trinajstić information content (AvgIpc) is 2.61. The van der Waals surface area contributed by atoms with Gasteiger partial charge < -0.3 is 10.6 Å². The second-order valence-corrected chi connectivity index (χ2v) is 4.95. The number of hydrogen-bond donors (Lipinski definition) is 1. The smallest absolute Gasteiger partial charge is 0.187 e. The maximum atomic E-state index is 5.64. The standard InChI is InChI=1S/C9H15N3S/c1-6-4-12(5-7(6)2)9-11-3-8(10)13-9/h3,6-7H,4-5,10H2,1-2H3. The summed E-state index contributed by atoms with van der Waals surface area (Å²) in [5.41, 5.74) is 5.64. The number of nitrogens with two attached hydrogens (primary N) is 1. The van der Waals surface area contributed by atoms with Crippen molar-refractivity contribution in [3.05, 3.63) is 6.20 Å². The van der Waals surface area contributed by atoms with Crippen LogP contribution in [0.2, 0.25) is 0 Å². The van der Waals surface area contributed by atoms with E-state index in [0.717, 1.165) is 35.1 Å². The monoisotopic (exact) mass is 197 g/mol. The first-order valence-corrected chi connectivity index (χ1v) is 5.44. The molecule has 2 heterocycles. The molecule has 3 nitrogen and oxygen atoms in total. The Hall–Kier alpha value is -0.770. The van der Waals surface area contributed by atoms with Gasteiger partial charge in [-0.25, -0.2) is 4.98 Å². The minimum Gasteiger partial charge on any atom is -0.389 e. The van der Waals surface area contributed by atoms with Crippen molar-refractivity contribution in [1.29, 1.82) is 0 Å². The first-order valence-electron chi connectivity index (χ1n) is 4.63. The van der Waals surface area contributed by atoms with E-state index in [-0.39, 0.29) is 0 Å². The third-order valence-corrected chi connectivity index (χ3v) is 3.66. The fourth-order valence-corrected chi connectivity index (χ4v) is 2.41. The van der Waals surface area contributed by atoms with Crippen LogP contribution in [0.1, 0.15) is 13.8 Å². The van der Waals surface area contributed by atoms with Crippen LogP contribution in [0.4, 0.5) is 10.1 Å². The van der Waals surface area contributed by atoms with Gasteiger partial charge in [-0.2, -0.15) is 0 Å². The van der Waals surface area contributed by atoms with E-state index in [9.17, 15) is 0 Å². The van der Waals surface area contributed by atoms with Gasteiger partial charge in [-0.1, -0.05) is 25.2 Å².